The van der Waals surface area contributed by atoms with Gasteiger partial charge in [-0.2, -0.15) is 0 Å². The molecule has 0 aliphatic rings. The van der Waals surface area contributed by atoms with Crippen LogP contribution in [0.1, 0.15) is 0 Å². The van der Waals surface area contributed by atoms with E-state index in [1.807, 2.05) is 0 Å². The van der Waals surface area contributed by atoms with E-state index in [2.05, 4.69) is 4.18 Å². The molecule has 0 radical (unpaired) electrons. The van der Waals surface area contributed by atoms with E-state index in [0.717, 1.165) is 0 Å². The number of rotatable bonds is 3. The van der Waals surface area contributed by atoms with E-state index in [1.54, 1.807) is 18.2 Å². The van der Waals surface area contributed by atoms with Crippen LogP contribution in [0, 0.1) is 10.1 Å². The topological polar surface area (TPSA) is 69.4 Å². The summed E-state index contributed by atoms with van der Waals surface area (Å²) in [6.45, 7) is 0. The van der Waals surface area contributed by atoms with E-state index in [4.69, 9.17) is 0 Å². The van der Waals surface area contributed by atoms with Crippen molar-refractivity contribution in [3.8, 4) is 5.75 Å². The van der Waals surface area contributed by atoms with Crippen molar-refractivity contribution < 1.29 is 12.7 Å². The summed E-state index contributed by atoms with van der Waals surface area (Å²) in [4.78, 5) is 9.88. The van der Waals surface area contributed by atoms with Crippen molar-refractivity contribution >= 4 is 40.8 Å². The molecule has 1 atom stereocenters. The number of para-hydroxylation sites is 1. The van der Waals surface area contributed by atoms with Gasteiger partial charge in [0.05, 0.1) is 0 Å². The maximum atomic E-state index is 10.5. The molecule has 0 amide bonds. The summed E-state index contributed by atoms with van der Waals surface area (Å²) in [5, 5.41) is 9.88. The van der Waals surface area contributed by atoms with Crippen LogP contribution in [0.15, 0.2) is 30.3 Å². The molecule has 0 spiro atoms. The number of hydrogen-bond donors (Lipinski definition) is 0. The van der Waals surface area contributed by atoms with Crippen molar-refractivity contribution in [2.24, 2.45) is 0 Å². The Morgan fingerprint density at radius 2 is 1.85 bits per heavy atom. The summed E-state index contributed by atoms with van der Waals surface area (Å²) in [6.07, 6.45) is 0. The molecule has 1 aromatic carbocycles. The van der Waals surface area contributed by atoms with Gasteiger partial charge in [-0.15, -0.1) is 4.21 Å². The Labute approximate surface area is 99.3 Å². The predicted octanol–water partition coefficient (Wildman–Crippen LogP) is 0.272. The van der Waals surface area contributed by atoms with Gasteiger partial charge in [-0.3, -0.25) is 0 Å². The first-order valence-corrected chi connectivity index (χ1v) is 4.03. The van der Waals surface area contributed by atoms with Crippen LogP contribution < -0.4 is 4.18 Å². The molecule has 0 bridgehead atoms. The third kappa shape index (κ3) is 4.37. The van der Waals surface area contributed by atoms with Crippen molar-refractivity contribution in [1.82, 2.24) is 0 Å². The van der Waals surface area contributed by atoms with E-state index in [9.17, 15) is 14.3 Å². The van der Waals surface area contributed by atoms with E-state index in [0.29, 0.717) is 0 Å². The second-order valence-electron chi connectivity index (χ2n) is 1.84. The molecule has 0 aromatic heterocycles. The first-order valence-electron chi connectivity index (χ1n) is 3.00. The quantitative estimate of drug-likeness (QED) is 0.409. The molecule has 7 heteroatoms. The molecule has 0 aliphatic heterocycles. The van der Waals surface area contributed by atoms with Crippen LogP contribution >= 0.6 is 0 Å². The van der Waals surface area contributed by atoms with E-state index < -0.39 is 15.6 Å². The monoisotopic (exact) mass is 211 g/mol. The van der Waals surface area contributed by atoms with Crippen LogP contribution in [-0.4, -0.2) is 38.1 Å². The SMILES string of the molecule is O=[N+]([O-])S(=O)Oc1ccccc1.[NaH]. The molecule has 1 rings (SSSR count). The van der Waals surface area contributed by atoms with Crippen LogP contribution in [0.2, 0.25) is 0 Å². The second-order valence-corrected chi connectivity index (χ2v) is 2.74. The fraction of sp³-hybridized carbons (Fsp3) is 0. The zero-order valence-corrected chi connectivity index (χ0v) is 6.69. The summed E-state index contributed by atoms with van der Waals surface area (Å²) >= 11 is -2.50. The molecular formula is C6H6NNaO4S. The molecule has 13 heavy (non-hydrogen) atoms. The summed E-state index contributed by atoms with van der Waals surface area (Å²) in [5.74, 6) is 0.215. The molecule has 1 aromatic rings. The Hall–Kier alpha value is -0.430. The van der Waals surface area contributed by atoms with E-state index in [-0.39, 0.29) is 35.3 Å². The zero-order chi connectivity index (χ0) is 8.97. The third-order valence-corrected chi connectivity index (χ3v) is 1.61. The number of hydrogen-bond acceptors (Lipinski definition) is 4. The van der Waals surface area contributed by atoms with E-state index >= 15 is 0 Å². The molecule has 66 valence electrons. The second kappa shape index (κ2) is 6.09. The van der Waals surface area contributed by atoms with Crippen LogP contribution in [-0.2, 0) is 11.3 Å². The normalized spacial score (nSPS) is 11.1. The number of nitro groups is 1. The average molecular weight is 211 g/mol. The Morgan fingerprint density at radius 1 is 1.31 bits per heavy atom. The Balaban J connectivity index is 0.00000144. The van der Waals surface area contributed by atoms with Gasteiger partial charge < -0.3 is 4.18 Å². The van der Waals surface area contributed by atoms with Crippen molar-refractivity contribution in [2.75, 3.05) is 0 Å². The molecule has 0 N–H and O–H groups in total. The zero-order valence-electron chi connectivity index (χ0n) is 5.88. The third-order valence-electron chi connectivity index (χ3n) is 1.03. The maximum absolute atomic E-state index is 10.5. The van der Waals surface area contributed by atoms with Crippen LogP contribution in [0.4, 0.5) is 0 Å². The van der Waals surface area contributed by atoms with E-state index in [1.165, 1.54) is 12.1 Å². The number of benzene rings is 1. The van der Waals surface area contributed by atoms with Gasteiger partial charge in [0, 0.05) is 0 Å². The average Bonchev–Trinajstić information content (AvgIpc) is 2.06. The molecule has 0 saturated heterocycles. The summed E-state index contributed by atoms with van der Waals surface area (Å²) in [7, 11) is 0. The van der Waals surface area contributed by atoms with Gasteiger partial charge >= 0.3 is 40.8 Å². The van der Waals surface area contributed by atoms with Gasteiger partial charge in [0.15, 0.2) is 4.33 Å². The number of nitrogens with zero attached hydrogens (tertiary/aromatic N) is 1. The van der Waals surface area contributed by atoms with Gasteiger partial charge in [-0.1, -0.05) is 18.2 Å². The molecular weight excluding hydrogens is 205 g/mol. The van der Waals surface area contributed by atoms with Crippen molar-refractivity contribution in [3.05, 3.63) is 40.4 Å². The van der Waals surface area contributed by atoms with Crippen LogP contribution in [0.3, 0.4) is 0 Å². The molecule has 0 saturated carbocycles. The minimum absolute atomic E-state index is 0. The fourth-order valence-corrected chi connectivity index (χ4v) is 0.925. The Kier molecular flexibility index (Phi) is 5.89. The van der Waals surface area contributed by atoms with Gasteiger partial charge in [0.2, 0.25) is 0 Å². The summed E-state index contributed by atoms with van der Waals surface area (Å²) in [6, 6.07) is 7.96. The van der Waals surface area contributed by atoms with Crippen LogP contribution in [0.25, 0.3) is 0 Å². The molecule has 0 aliphatic carbocycles. The van der Waals surface area contributed by atoms with Gasteiger partial charge in [-0.05, 0) is 12.1 Å². The molecule has 0 heterocycles. The van der Waals surface area contributed by atoms with Gasteiger partial charge in [0.1, 0.15) is 5.75 Å². The van der Waals surface area contributed by atoms with Gasteiger partial charge in [0.25, 0.3) is 0 Å². The molecule has 1 unspecified atom stereocenters. The summed E-state index contributed by atoms with van der Waals surface area (Å²) in [5.41, 5.74) is 0. The Bertz CT molecular complexity index is 305. The summed E-state index contributed by atoms with van der Waals surface area (Å²) < 4.78 is 13.9. The predicted molar refractivity (Wildman–Crippen MR) is 49.4 cm³/mol. The molecule has 0 fully saturated rings. The van der Waals surface area contributed by atoms with Crippen molar-refractivity contribution in [1.29, 1.82) is 0 Å². The fourth-order valence-electron chi connectivity index (χ4n) is 0.589. The minimum atomic E-state index is -2.50. The van der Waals surface area contributed by atoms with Gasteiger partial charge in [-0.25, -0.2) is 10.1 Å². The van der Waals surface area contributed by atoms with Crippen molar-refractivity contribution in [2.45, 2.75) is 0 Å². The standard InChI is InChI=1S/C6H5NO4S.Na.H/c8-7(9)12(10)11-6-4-2-1-3-5-6;;/h1-5H;;. The van der Waals surface area contributed by atoms with Crippen molar-refractivity contribution in [3.63, 3.8) is 0 Å². The first kappa shape index (κ1) is 12.6. The Morgan fingerprint density at radius 3 is 2.31 bits per heavy atom. The van der Waals surface area contributed by atoms with Crippen LogP contribution in [0.5, 0.6) is 5.75 Å². The molecule has 5 nitrogen and oxygen atoms in total. The first-order chi connectivity index (χ1) is 5.70.